The van der Waals surface area contributed by atoms with Gasteiger partial charge in [-0.05, 0) is 99.3 Å². The smallest absolute Gasteiger partial charge is 0.143 e. The van der Waals surface area contributed by atoms with E-state index < -0.39 is 0 Å². The van der Waals surface area contributed by atoms with Crippen LogP contribution in [0.1, 0.15) is 0 Å². The normalized spacial score (nSPS) is 11.6. The average molecular weight is 855 g/mol. The predicted molar refractivity (Wildman–Crippen MR) is 282 cm³/mol. The Labute approximate surface area is 388 Å². The van der Waals surface area contributed by atoms with E-state index in [1.54, 1.807) is 0 Å². The number of anilines is 3. The maximum absolute atomic E-state index is 6.50. The summed E-state index contributed by atoms with van der Waals surface area (Å²) in [6.07, 6.45) is 0. The van der Waals surface area contributed by atoms with Crippen molar-refractivity contribution in [3.63, 3.8) is 0 Å². The summed E-state index contributed by atoms with van der Waals surface area (Å²) in [4.78, 5) is 2.40. The fourth-order valence-electron chi connectivity index (χ4n) is 10.3. The fourth-order valence-corrected chi connectivity index (χ4v) is 10.3. The summed E-state index contributed by atoms with van der Waals surface area (Å²) in [5.74, 6) is 0. The highest BCUT2D eigenvalue weighted by Gasteiger charge is 2.22. The van der Waals surface area contributed by atoms with Gasteiger partial charge in [-0.1, -0.05) is 194 Å². The highest BCUT2D eigenvalue weighted by molar-refractivity contribution is 6.11. The van der Waals surface area contributed by atoms with Crippen LogP contribution in [-0.2, 0) is 0 Å². The Morgan fingerprint density at radius 2 is 0.821 bits per heavy atom. The number of aromatic nitrogens is 1. The van der Waals surface area contributed by atoms with E-state index in [0.29, 0.717) is 0 Å². The van der Waals surface area contributed by atoms with Crippen LogP contribution in [0.2, 0.25) is 0 Å². The molecule has 3 heteroatoms. The van der Waals surface area contributed by atoms with Crippen molar-refractivity contribution in [2.24, 2.45) is 0 Å². The lowest BCUT2D eigenvalue weighted by Gasteiger charge is -2.29. The summed E-state index contributed by atoms with van der Waals surface area (Å²) in [5.41, 5.74) is 17.6. The minimum Gasteiger partial charge on any atom is -0.455 e. The van der Waals surface area contributed by atoms with Gasteiger partial charge in [0.2, 0.25) is 0 Å². The van der Waals surface area contributed by atoms with Crippen molar-refractivity contribution in [3.05, 3.63) is 255 Å². The van der Waals surface area contributed by atoms with Gasteiger partial charge >= 0.3 is 0 Å². The summed E-state index contributed by atoms with van der Waals surface area (Å²) in [6.45, 7) is 0. The Hall–Kier alpha value is -8.92. The number of para-hydroxylation sites is 6. The third-order valence-electron chi connectivity index (χ3n) is 13.4. The van der Waals surface area contributed by atoms with E-state index in [1.807, 2.05) is 12.1 Å². The topological polar surface area (TPSA) is 21.3 Å². The molecule has 0 spiro atoms. The minimum absolute atomic E-state index is 0.898. The number of rotatable bonds is 8. The molecule has 11 aromatic carbocycles. The lowest BCUT2D eigenvalue weighted by atomic mass is 9.92. The molecule has 0 aliphatic heterocycles. The molecule has 0 saturated heterocycles. The van der Waals surface area contributed by atoms with Crippen molar-refractivity contribution in [1.29, 1.82) is 0 Å². The first kappa shape index (κ1) is 38.5. The monoisotopic (exact) mass is 854 g/mol. The highest BCUT2D eigenvalue weighted by Crippen LogP contribution is 2.46. The first-order chi connectivity index (χ1) is 33.2. The zero-order valence-electron chi connectivity index (χ0n) is 36.6. The van der Waals surface area contributed by atoms with Gasteiger partial charge in [-0.15, -0.1) is 0 Å². The molecule has 0 fully saturated rings. The number of benzene rings is 11. The second kappa shape index (κ2) is 16.0. The molecule has 314 valence electrons. The van der Waals surface area contributed by atoms with Crippen LogP contribution in [0.4, 0.5) is 17.1 Å². The molecule has 0 unspecified atom stereocenters. The van der Waals surface area contributed by atoms with Gasteiger partial charge in [-0.3, -0.25) is 0 Å². The molecule has 0 N–H and O–H groups in total. The maximum atomic E-state index is 6.50. The van der Waals surface area contributed by atoms with E-state index in [2.05, 4.69) is 252 Å². The maximum Gasteiger partial charge on any atom is 0.143 e. The van der Waals surface area contributed by atoms with Crippen LogP contribution in [0.3, 0.4) is 0 Å². The first-order valence-corrected chi connectivity index (χ1v) is 22.9. The molecule has 0 aliphatic carbocycles. The molecule has 3 nitrogen and oxygen atoms in total. The van der Waals surface area contributed by atoms with E-state index >= 15 is 0 Å². The second-order valence-corrected chi connectivity index (χ2v) is 17.2. The predicted octanol–water partition coefficient (Wildman–Crippen LogP) is 18.0. The van der Waals surface area contributed by atoms with Gasteiger partial charge in [0.05, 0.1) is 22.4 Å². The molecule has 0 bridgehead atoms. The summed E-state index contributed by atoms with van der Waals surface area (Å²) in [5, 5.41) is 7.21. The number of hydrogen-bond donors (Lipinski definition) is 0. The Morgan fingerprint density at radius 1 is 0.313 bits per heavy atom. The van der Waals surface area contributed by atoms with Gasteiger partial charge in [0.25, 0.3) is 0 Å². The molecule has 13 rings (SSSR count). The third kappa shape index (κ3) is 6.51. The van der Waals surface area contributed by atoms with Crippen molar-refractivity contribution in [1.82, 2.24) is 4.57 Å². The molecule has 2 heterocycles. The Kier molecular flexibility index (Phi) is 9.17. The zero-order valence-corrected chi connectivity index (χ0v) is 36.6. The fraction of sp³-hybridized carbons (Fsp3) is 0. The molecule has 0 atom stereocenters. The number of hydrogen-bond acceptors (Lipinski definition) is 2. The van der Waals surface area contributed by atoms with Crippen LogP contribution < -0.4 is 4.90 Å². The summed E-state index contributed by atoms with van der Waals surface area (Å²) in [6, 6.07) is 92.0. The van der Waals surface area contributed by atoms with Crippen molar-refractivity contribution < 1.29 is 4.42 Å². The largest absolute Gasteiger partial charge is 0.455 e. The Balaban J connectivity index is 0.970. The number of furan rings is 1. The van der Waals surface area contributed by atoms with Crippen LogP contribution in [0.15, 0.2) is 259 Å². The van der Waals surface area contributed by atoms with Gasteiger partial charge in [0, 0.05) is 49.6 Å². The minimum atomic E-state index is 0.898. The van der Waals surface area contributed by atoms with Gasteiger partial charge < -0.3 is 13.9 Å². The molecule has 13 aromatic rings. The summed E-state index contributed by atoms with van der Waals surface area (Å²) < 4.78 is 8.93. The molecular formula is C64H42N2O. The van der Waals surface area contributed by atoms with Crippen LogP contribution in [-0.4, -0.2) is 4.57 Å². The van der Waals surface area contributed by atoms with E-state index in [-0.39, 0.29) is 0 Å². The SMILES string of the molecule is c1ccc(-c2ccccc2-n2c3ccccc3c3ccccc32)c(-c2ccccc2N(c2ccc(-c3ccc4ccccc4c3)cc2)c2ccc(-c3cccc4c3oc3ccccc34)cc2)c1. The molecular weight excluding hydrogens is 813 g/mol. The average Bonchev–Trinajstić information content (AvgIpc) is 3.95. The van der Waals surface area contributed by atoms with Gasteiger partial charge in [0.15, 0.2) is 0 Å². The first-order valence-electron chi connectivity index (χ1n) is 22.9. The molecule has 0 amide bonds. The second-order valence-electron chi connectivity index (χ2n) is 17.2. The van der Waals surface area contributed by atoms with E-state index in [4.69, 9.17) is 4.42 Å². The van der Waals surface area contributed by atoms with Crippen molar-refractivity contribution in [3.8, 4) is 50.2 Å². The van der Waals surface area contributed by atoms with E-state index in [9.17, 15) is 0 Å². The molecule has 2 aromatic heterocycles. The van der Waals surface area contributed by atoms with Crippen LogP contribution >= 0.6 is 0 Å². The summed E-state index contributed by atoms with van der Waals surface area (Å²) >= 11 is 0. The Morgan fingerprint density at radius 3 is 1.55 bits per heavy atom. The van der Waals surface area contributed by atoms with E-state index in [1.165, 1.54) is 43.7 Å². The van der Waals surface area contributed by atoms with Crippen LogP contribution in [0.5, 0.6) is 0 Å². The Bertz CT molecular complexity index is 3930. The molecule has 0 aliphatic rings. The zero-order chi connectivity index (χ0) is 44.3. The lowest BCUT2D eigenvalue weighted by molar-refractivity contribution is 0.670. The van der Waals surface area contributed by atoms with Gasteiger partial charge in [-0.2, -0.15) is 0 Å². The third-order valence-corrected chi connectivity index (χ3v) is 13.4. The number of fused-ring (bicyclic) bond motifs is 7. The number of nitrogens with zero attached hydrogens (tertiary/aromatic N) is 2. The lowest BCUT2D eigenvalue weighted by Crippen LogP contribution is -2.11. The van der Waals surface area contributed by atoms with Gasteiger partial charge in [-0.25, -0.2) is 0 Å². The molecule has 67 heavy (non-hydrogen) atoms. The van der Waals surface area contributed by atoms with Crippen LogP contribution in [0.25, 0.3) is 105 Å². The van der Waals surface area contributed by atoms with Crippen LogP contribution in [0, 0.1) is 0 Å². The summed E-state index contributed by atoms with van der Waals surface area (Å²) in [7, 11) is 0. The van der Waals surface area contributed by atoms with Crippen molar-refractivity contribution >= 4 is 71.6 Å². The molecule has 0 saturated carbocycles. The van der Waals surface area contributed by atoms with E-state index in [0.717, 1.165) is 78.1 Å². The van der Waals surface area contributed by atoms with Crippen molar-refractivity contribution in [2.45, 2.75) is 0 Å². The standard InChI is InChI=1S/C64H42N2O/c1-2-17-46-42-47(33-32-43(46)16-1)44-34-38-48(39-35-44)65(49-40-36-45(37-41-49)50-25-15-26-58-57-24-9-14-31-63(57)67-64(50)58)59-27-10-5-20-53(59)51-18-3-4-19-52(51)54-21-6-11-28-60(54)66-61-29-12-7-22-55(61)56-23-8-13-30-62(56)66/h1-42H. The van der Waals surface area contributed by atoms with Crippen molar-refractivity contribution in [2.75, 3.05) is 4.90 Å². The highest BCUT2D eigenvalue weighted by atomic mass is 16.3. The van der Waals surface area contributed by atoms with Gasteiger partial charge in [0.1, 0.15) is 11.2 Å². The quantitative estimate of drug-likeness (QED) is 0.152. The molecule has 0 radical (unpaired) electrons.